The molecule has 2 saturated heterocycles. The van der Waals surface area contributed by atoms with E-state index in [2.05, 4.69) is 56.6 Å². The quantitative estimate of drug-likeness (QED) is 0.105. The van der Waals surface area contributed by atoms with E-state index in [0.717, 1.165) is 84.0 Å². The number of carbonyl (C=O) groups is 5. The van der Waals surface area contributed by atoms with Gasteiger partial charge in [0.15, 0.2) is 12.1 Å². The van der Waals surface area contributed by atoms with Gasteiger partial charge < -0.3 is 14.5 Å². The van der Waals surface area contributed by atoms with E-state index in [4.69, 9.17) is 9.84 Å². The van der Waals surface area contributed by atoms with Gasteiger partial charge in [-0.05, 0) is 72.9 Å². The summed E-state index contributed by atoms with van der Waals surface area (Å²) in [6, 6.07) is 22.5. The molecule has 57 heavy (non-hydrogen) atoms. The number of carbonyl (C=O) groups excluding carboxylic acids is 5. The first-order valence-electron chi connectivity index (χ1n) is 19.3. The summed E-state index contributed by atoms with van der Waals surface area (Å²) in [4.78, 5) is 72.0. The Balaban J connectivity index is 0.869. The van der Waals surface area contributed by atoms with Crippen LogP contribution in [0.15, 0.2) is 91.4 Å². The number of imide groups is 1. The van der Waals surface area contributed by atoms with Gasteiger partial charge in [0.2, 0.25) is 11.8 Å². The van der Waals surface area contributed by atoms with E-state index in [0.29, 0.717) is 25.7 Å². The van der Waals surface area contributed by atoms with E-state index in [1.807, 2.05) is 28.9 Å². The highest BCUT2D eigenvalue weighted by molar-refractivity contribution is 6.07. The number of hydrogen-bond acceptors (Lipinski definition) is 10. The van der Waals surface area contributed by atoms with Crippen LogP contribution in [0.3, 0.4) is 0 Å². The number of ketones is 1. The number of nitrogens with one attached hydrogen (secondary N) is 1. The van der Waals surface area contributed by atoms with Gasteiger partial charge in [-0.1, -0.05) is 30.3 Å². The van der Waals surface area contributed by atoms with Crippen molar-refractivity contribution in [3.05, 3.63) is 114 Å². The second-order valence-corrected chi connectivity index (χ2v) is 14.6. The zero-order valence-corrected chi connectivity index (χ0v) is 31.7. The first-order valence-corrected chi connectivity index (χ1v) is 19.3. The number of aromatic nitrogens is 3. The van der Waals surface area contributed by atoms with Crippen molar-refractivity contribution < 1.29 is 28.7 Å². The van der Waals surface area contributed by atoms with E-state index in [1.54, 1.807) is 30.6 Å². The Kier molecular flexibility index (Phi) is 10.7. The monoisotopic (exact) mass is 765 g/mol. The van der Waals surface area contributed by atoms with Gasteiger partial charge in [0.1, 0.15) is 17.5 Å². The van der Waals surface area contributed by atoms with E-state index in [-0.39, 0.29) is 41.4 Å². The average Bonchev–Trinajstić information content (AvgIpc) is 3.86. The molecule has 0 radical (unpaired) electrons. The van der Waals surface area contributed by atoms with Gasteiger partial charge in [-0.2, -0.15) is 5.10 Å². The molecule has 0 spiro atoms. The van der Waals surface area contributed by atoms with Crippen molar-refractivity contribution in [3.8, 4) is 33.8 Å². The second-order valence-electron chi connectivity index (χ2n) is 14.6. The molecule has 13 nitrogen and oxygen atoms in total. The number of likely N-dealkylation sites (N-methyl/N-ethyl adjacent to an activating group) is 1. The molecule has 8 rings (SSSR count). The van der Waals surface area contributed by atoms with Gasteiger partial charge in [-0.15, -0.1) is 0 Å². The summed E-state index contributed by atoms with van der Waals surface area (Å²) in [5, 5.41) is 7.31. The minimum atomic E-state index is -0.814. The first-order chi connectivity index (χ1) is 27.8. The van der Waals surface area contributed by atoms with Crippen LogP contribution in [0.4, 0.5) is 5.69 Å². The van der Waals surface area contributed by atoms with Gasteiger partial charge >= 0.3 is 0 Å². The molecule has 1 aliphatic carbocycles. The highest BCUT2D eigenvalue weighted by Gasteiger charge is 2.34. The highest BCUT2D eigenvalue weighted by Crippen LogP contribution is 2.35. The summed E-state index contributed by atoms with van der Waals surface area (Å²) in [5.74, 6) is -0.911. The fraction of sp³-hybridized carbons (Fsp3) is 0.295. The maximum absolute atomic E-state index is 13.5. The predicted molar refractivity (Wildman–Crippen MR) is 214 cm³/mol. The highest BCUT2D eigenvalue weighted by atomic mass is 16.5. The van der Waals surface area contributed by atoms with Crippen LogP contribution >= 0.6 is 0 Å². The number of aldehydes is 1. The number of hydrogen-bond donors (Lipinski definition) is 1. The van der Waals surface area contributed by atoms with Crippen LogP contribution in [0.1, 0.15) is 62.3 Å². The van der Waals surface area contributed by atoms with Crippen LogP contribution in [0.5, 0.6) is 5.75 Å². The fourth-order valence-electron chi connectivity index (χ4n) is 7.94. The molecule has 3 aromatic carbocycles. The number of amides is 3. The topological polar surface area (TPSA) is 147 Å². The van der Waals surface area contributed by atoms with Gasteiger partial charge in [-0.25, -0.2) is 4.68 Å². The van der Waals surface area contributed by atoms with Crippen LogP contribution in [-0.4, -0.2) is 107 Å². The lowest BCUT2D eigenvalue weighted by atomic mass is 9.98. The summed E-state index contributed by atoms with van der Waals surface area (Å²) in [6.45, 7) is 4.65. The fourth-order valence-corrected chi connectivity index (χ4v) is 7.94. The summed E-state index contributed by atoms with van der Waals surface area (Å²) in [7, 11) is 1.50. The number of ether oxygens (including phenoxy) is 1. The summed E-state index contributed by atoms with van der Waals surface area (Å²) in [6.07, 6.45) is 8.61. The van der Waals surface area contributed by atoms with Crippen molar-refractivity contribution in [3.63, 3.8) is 0 Å². The lowest BCUT2D eigenvalue weighted by molar-refractivity contribution is -0.136. The predicted octanol–water partition coefficient (Wildman–Crippen LogP) is 5.01. The molecule has 4 heterocycles. The maximum atomic E-state index is 13.5. The Morgan fingerprint density at radius 1 is 0.895 bits per heavy atom. The first kappa shape index (κ1) is 37.5. The minimum absolute atomic E-state index is 0.110. The van der Waals surface area contributed by atoms with Crippen LogP contribution in [0.25, 0.3) is 28.1 Å². The number of nitrogens with zero attached hydrogens (tertiary/aromatic N) is 6. The molecule has 0 bridgehead atoms. The van der Waals surface area contributed by atoms with Crippen molar-refractivity contribution >= 4 is 35.5 Å². The number of piperazine rings is 1. The molecule has 0 saturated carbocycles. The SMILES string of the molecule is CN(C(=O)c1c(C=O)cccc1OCCCN1CCN(c2ccc(-n3cc(-c4ccc5c(c4)CCC5=O)c(-c4ccncc4)n3)cc2)CC1)C1CCC(=O)NC1=O. The van der Waals surface area contributed by atoms with E-state index >= 15 is 0 Å². The number of piperidine rings is 1. The zero-order chi connectivity index (χ0) is 39.5. The smallest absolute Gasteiger partial charge is 0.258 e. The van der Waals surface area contributed by atoms with Gasteiger partial charge in [0, 0.05) is 99.1 Å². The molecule has 1 unspecified atom stereocenters. The number of rotatable bonds is 12. The molecule has 1 N–H and O–H groups in total. The standard InChI is InChI=1S/C44H43N7O6/c1-48(37-13-15-40(54)46-43(37)55)44(56)41-32(28-52)4-2-5-39(41)57-25-3-20-49-21-23-50(24-22-49)33-8-10-34(11-9-33)51-27-36(42(47-51)29-16-18-45-19-17-29)31-6-12-35-30(26-31)7-14-38(35)53/h2,4-6,8-12,16-19,26-28,37H,3,7,13-15,20-25H2,1H3,(H,46,54,55). The lowest BCUT2D eigenvalue weighted by Gasteiger charge is -2.36. The molecular formula is C44H43N7O6. The van der Waals surface area contributed by atoms with Crippen LogP contribution in [0, 0.1) is 0 Å². The van der Waals surface area contributed by atoms with Crippen molar-refractivity contribution in [1.29, 1.82) is 0 Å². The number of anilines is 1. The number of pyridine rings is 1. The Morgan fingerprint density at radius 2 is 1.67 bits per heavy atom. The van der Waals surface area contributed by atoms with Crippen molar-refractivity contribution in [1.82, 2.24) is 29.9 Å². The van der Waals surface area contributed by atoms with Crippen molar-refractivity contribution in [2.75, 3.05) is 51.3 Å². The molecule has 3 aliphatic rings. The molecule has 5 aromatic rings. The summed E-state index contributed by atoms with van der Waals surface area (Å²) < 4.78 is 7.99. The molecular weight excluding hydrogens is 723 g/mol. The van der Waals surface area contributed by atoms with E-state index in [9.17, 15) is 24.0 Å². The maximum Gasteiger partial charge on any atom is 0.258 e. The number of fused-ring (bicyclic) bond motifs is 1. The molecule has 1 atom stereocenters. The van der Waals surface area contributed by atoms with Crippen molar-refractivity contribution in [2.24, 2.45) is 0 Å². The van der Waals surface area contributed by atoms with Crippen molar-refractivity contribution in [2.45, 2.75) is 38.1 Å². The normalized spacial score (nSPS) is 17.0. The van der Waals surface area contributed by atoms with Gasteiger partial charge in [0.05, 0.1) is 17.9 Å². The Hall–Kier alpha value is -6.47. The number of benzene rings is 3. The molecule has 2 aromatic heterocycles. The van der Waals surface area contributed by atoms with Gasteiger partial charge in [0.25, 0.3) is 5.91 Å². The van der Waals surface area contributed by atoms with Crippen LogP contribution in [-0.2, 0) is 16.0 Å². The number of aryl methyl sites for hydroxylation is 1. The molecule has 13 heteroatoms. The zero-order valence-electron chi connectivity index (χ0n) is 31.7. The number of Topliss-reactive ketones (excluding diaryl/α,β-unsaturated/α-hetero) is 1. The summed E-state index contributed by atoms with van der Waals surface area (Å²) in [5.41, 5.74) is 8.14. The Labute approximate surface area is 330 Å². The molecule has 2 fully saturated rings. The van der Waals surface area contributed by atoms with E-state index < -0.39 is 17.9 Å². The minimum Gasteiger partial charge on any atom is -0.493 e. The Bertz CT molecular complexity index is 2330. The third-order valence-corrected chi connectivity index (χ3v) is 11.1. The van der Waals surface area contributed by atoms with E-state index in [1.165, 1.54) is 11.9 Å². The van der Waals surface area contributed by atoms with Gasteiger partial charge in [-0.3, -0.25) is 39.2 Å². The molecule has 3 amide bonds. The second kappa shape index (κ2) is 16.3. The third-order valence-electron chi connectivity index (χ3n) is 11.1. The lowest BCUT2D eigenvalue weighted by Crippen LogP contribution is -2.53. The molecule has 2 aliphatic heterocycles. The summed E-state index contributed by atoms with van der Waals surface area (Å²) >= 11 is 0. The largest absolute Gasteiger partial charge is 0.493 e. The van der Waals surface area contributed by atoms with Crippen LogP contribution in [0.2, 0.25) is 0 Å². The molecule has 290 valence electrons. The Morgan fingerprint density at radius 3 is 2.42 bits per heavy atom. The van der Waals surface area contributed by atoms with Crippen LogP contribution < -0.4 is 15.0 Å². The third kappa shape index (κ3) is 7.83. The average molecular weight is 766 g/mol.